The second-order valence-electron chi connectivity index (χ2n) is 8.08. The zero-order chi connectivity index (χ0) is 22.6. The van der Waals surface area contributed by atoms with Crippen LogP contribution in [0, 0.1) is 0 Å². The molecule has 1 aromatic carbocycles. The predicted octanol–water partition coefficient (Wildman–Crippen LogP) is 5.41. The zero-order valence-corrected chi connectivity index (χ0v) is 18.7. The summed E-state index contributed by atoms with van der Waals surface area (Å²) in [5.74, 6) is 0.975. The molecule has 0 radical (unpaired) electrons. The van der Waals surface area contributed by atoms with Crippen LogP contribution in [0.25, 0.3) is 0 Å². The minimum atomic E-state index is -0.0622. The van der Waals surface area contributed by atoms with E-state index >= 15 is 0 Å². The van der Waals surface area contributed by atoms with Crippen LogP contribution in [0.5, 0.6) is 0 Å². The number of anilines is 4. The molecular weight excluding hydrogens is 436 g/mol. The summed E-state index contributed by atoms with van der Waals surface area (Å²) in [7, 11) is 0. The summed E-state index contributed by atoms with van der Waals surface area (Å²) in [5, 5.41) is 10.1. The van der Waals surface area contributed by atoms with E-state index in [1.807, 2.05) is 30.3 Å². The van der Waals surface area contributed by atoms with E-state index in [2.05, 4.69) is 43.1 Å². The highest BCUT2D eigenvalue weighted by Gasteiger charge is 2.15. The number of nitrogens with one attached hydrogen (secondary N) is 3. The fraction of sp³-hybridized carbons (Fsp3) is 0.200. The van der Waals surface area contributed by atoms with Crippen molar-refractivity contribution < 1.29 is 4.79 Å². The number of nitrogens with zero attached hydrogens (tertiary/aromatic N) is 3. The van der Waals surface area contributed by atoms with Crippen molar-refractivity contribution in [3.8, 4) is 0 Å². The lowest BCUT2D eigenvalue weighted by Crippen LogP contribution is -2.16. The van der Waals surface area contributed by atoms with Crippen LogP contribution in [0.1, 0.15) is 30.4 Å². The molecule has 3 aromatic rings. The van der Waals surface area contributed by atoms with E-state index in [1.165, 1.54) is 5.57 Å². The number of hydrogen-bond donors (Lipinski definition) is 3. The van der Waals surface area contributed by atoms with Gasteiger partial charge in [0.05, 0.1) is 12.6 Å². The average Bonchev–Trinajstić information content (AvgIpc) is 2.82. The number of pyridine rings is 1. The van der Waals surface area contributed by atoms with E-state index in [-0.39, 0.29) is 5.91 Å². The lowest BCUT2D eigenvalue weighted by atomic mass is 9.97. The molecule has 166 valence electrons. The number of hydrogen-bond acceptors (Lipinski definition) is 6. The summed E-state index contributed by atoms with van der Waals surface area (Å²) in [4.78, 5) is 25.6. The van der Waals surface area contributed by atoms with Gasteiger partial charge in [0, 0.05) is 29.5 Å². The second-order valence-corrected chi connectivity index (χ2v) is 8.49. The molecule has 0 fully saturated rings. The van der Waals surface area contributed by atoms with Gasteiger partial charge in [-0.1, -0.05) is 17.7 Å². The Morgan fingerprint density at radius 1 is 1.09 bits per heavy atom. The van der Waals surface area contributed by atoms with E-state index in [9.17, 15) is 4.79 Å². The largest absolute Gasteiger partial charge is 0.339 e. The first-order chi connectivity index (χ1) is 16.1. The van der Waals surface area contributed by atoms with Crippen molar-refractivity contribution in [1.29, 1.82) is 0 Å². The normalized spacial score (nSPS) is 14.8. The van der Waals surface area contributed by atoms with Gasteiger partial charge in [-0.15, -0.1) is 0 Å². The van der Waals surface area contributed by atoms with E-state index in [1.54, 1.807) is 18.6 Å². The molecule has 0 spiro atoms. The number of carbonyl (C=O) groups excluding carboxylic acids is 1. The minimum absolute atomic E-state index is 0.0622. The lowest BCUT2D eigenvalue weighted by molar-refractivity contribution is -0.115. The Balaban J connectivity index is 1.45. The summed E-state index contributed by atoms with van der Waals surface area (Å²) in [6.45, 7) is 0. The highest BCUT2D eigenvalue weighted by Crippen LogP contribution is 2.30. The smallest absolute Gasteiger partial charge is 0.228 e. The minimum Gasteiger partial charge on any atom is -0.339 e. The van der Waals surface area contributed by atoms with Crippen LogP contribution >= 0.6 is 11.6 Å². The molecule has 0 saturated heterocycles. The summed E-state index contributed by atoms with van der Waals surface area (Å²) in [6, 6.07) is 9.58. The van der Waals surface area contributed by atoms with Crippen LogP contribution < -0.4 is 16.0 Å². The SMILES string of the molecule is O=C(Cc1ccncc1)Nc1ccc2cc1CCC1=CCCC(=C1)Nc1ncc(Cl)c(n1)N2. The topological polar surface area (TPSA) is 91.8 Å². The van der Waals surface area contributed by atoms with Gasteiger partial charge in [0.2, 0.25) is 11.9 Å². The Hall–Kier alpha value is -3.71. The molecule has 6 bridgehead atoms. The van der Waals surface area contributed by atoms with Crippen molar-refractivity contribution in [2.75, 3.05) is 16.0 Å². The van der Waals surface area contributed by atoms with Gasteiger partial charge in [0.15, 0.2) is 5.82 Å². The number of halogens is 1. The second kappa shape index (κ2) is 9.42. The Morgan fingerprint density at radius 3 is 2.85 bits per heavy atom. The summed E-state index contributed by atoms with van der Waals surface area (Å²) >= 11 is 6.35. The van der Waals surface area contributed by atoms with Gasteiger partial charge in [0.1, 0.15) is 5.02 Å². The summed E-state index contributed by atoms with van der Waals surface area (Å²) < 4.78 is 0. The quantitative estimate of drug-likeness (QED) is 0.486. The Morgan fingerprint density at radius 2 is 1.97 bits per heavy atom. The Bertz CT molecular complexity index is 1260. The molecule has 3 heterocycles. The molecule has 5 rings (SSSR count). The Labute approximate surface area is 197 Å². The third kappa shape index (κ3) is 5.21. The van der Waals surface area contributed by atoms with Crippen LogP contribution in [-0.2, 0) is 17.6 Å². The van der Waals surface area contributed by atoms with E-state index in [4.69, 9.17) is 11.6 Å². The van der Waals surface area contributed by atoms with Gasteiger partial charge >= 0.3 is 0 Å². The highest BCUT2D eigenvalue weighted by molar-refractivity contribution is 6.32. The molecule has 2 aromatic heterocycles. The van der Waals surface area contributed by atoms with Crippen LogP contribution in [0.3, 0.4) is 0 Å². The van der Waals surface area contributed by atoms with E-state index in [0.717, 1.165) is 53.9 Å². The fourth-order valence-corrected chi connectivity index (χ4v) is 4.13. The lowest BCUT2D eigenvalue weighted by Gasteiger charge is -2.16. The van der Waals surface area contributed by atoms with Crippen molar-refractivity contribution in [3.63, 3.8) is 0 Å². The summed E-state index contributed by atoms with van der Waals surface area (Å²) in [6.07, 6.45) is 13.2. The van der Waals surface area contributed by atoms with E-state index < -0.39 is 0 Å². The molecule has 0 saturated carbocycles. The molecule has 1 aliphatic carbocycles. The number of rotatable bonds is 3. The maximum Gasteiger partial charge on any atom is 0.228 e. The molecule has 1 amide bonds. The molecular formula is C25H23ClN6O. The van der Waals surface area contributed by atoms with Crippen LogP contribution in [-0.4, -0.2) is 20.9 Å². The van der Waals surface area contributed by atoms with Crippen molar-refractivity contribution >= 4 is 40.6 Å². The van der Waals surface area contributed by atoms with Crippen LogP contribution in [0.2, 0.25) is 5.02 Å². The van der Waals surface area contributed by atoms with Crippen molar-refractivity contribution in [2.45, 2.75) is 32.1 Å². The van der Waals surface area contributed by atoms with Crippen molar-refractivity contribution in [1.82, 2.24) is 15.0 Å². The molecule has 33 heavy (non-hydrogen) atoms. The fourth-order valence-electron chi connectivity index (χ4n) is 4.00. The zero-order valence-electron chi connectivity index (χ0n) is 17.9. The van der Waals surface area contributed by atoms with Crippen molar-refractivity contribution in [2.24, 2.45) is 0 Å². The predicted molar refractivity (Wildman–Crippen MR) is 131 cm³/mol. The monoisotopic (exact) mass is 458 g/mol. The first kappa shape index (κ1) is 21.2. The maximum atomic E-state index is 12.7. The molecule has 0 unspecified atom stereocenters. The first-order valence-corrected chi connectivity index (χ1v) is 11.3. The highest BCUT2D eigenvalue weighted by atomic mass is 35.5. The number of aryl methyl sites for hydroxylation is 1. The number of allylic oxidation sites excluding steroid dienone is 4. The third-order valence-electron chi connectivity index (χ3n) is 5.64. The molecule has 8 heteroatoms. The van der Waals surface area contributed by atoms with Gasteiger partial charge in [0.25, 0.3) is 0 Å². The number of amides is 1. The first-order valence-electron chi connectivity index (χ1n) is 10.9. The standard InChI is InChI=1S/C25H23ClN6O/c26-21-15-28-25-30-19-3-1-2-16(12-19)4-5-18-14-20(29-24(21)32-25)6-7-22(18)31-23(33)13-17-8-10-27-11-9-17/h2,6-12,14-15H,1,3-5,13H2,(H,31,33)(H2,28,29,30,32). The van der Waals surface area contributed by atoms with Crippen molar-refractivity contribution in [3.05, 3.63) is 88.5 Å². The van der Waals surface area contributed by atoms with Gasteiger partial charge in [-0.25, -0.2) is 4.98 Å². The molecule has 7 nitrogen and oxygen atoms in total. The van der Waals surface area contributed by atoms with Crippen LogP contribution in [0.15, 0.2) is 72.3 Å². The maximum absolute atomic E-state index is 12.7. The third-order valence-corrected chi connectivity index (χ3v) is 5.91. The van der Waals surface area contributed by atoms with E-state index in [0.29, 0.717) is 23.2 Å². The number of benzene rings is 1. The molecule has 0 atom stereocenters. The van der Waals surface area contributed by atoms with Crippen LogP contribution in [0.4, 0.5) is 23.1 Å². The summed E-state index contributed by atoms with van der Waals surface area (Å²) in [5.41, 5.74) is 5.95. The average molecular weight is 459 g/mol. The van der Waals surface area contributed by atoms with Gasteiger partial charge < -0.3 is 16.0 Å². The van der Waals surface area contributed by atoms with Gasteiger partial charge in [-0.3, -0.25) is 9.78 Å². The molecule has 3 N–H and O–H groups in total. The number of aromatic nitrogens is 3. The molecule has 1 aliphatic heterocycles. The number of carbonyl (C=O) groups is 1. The Kier molecular flexibility index (Phi) is 6.04. The number of fused-ring (bicyclic) bond motifs is 5. The van der Waals surface area contributed by atoms with Gasteiger partial charge in [-0.2, -0.15) is 4.98 Å². The van der Waals surface area contributed by atoms with Gasteiger partial charge in [-0.05, 0) is 78.8 Å². The molecule has 2 aliphatic rings.